The fourth-order valence-electron chi connectivity index (χ4n) is 7.45. The molecule has 3 fully saturated rings. The van der Waals surface area contributed by atoms with Crippen molar-refractivity contribution < 1.29 is 9.59 Å². The Kier molecular flexibility index (Phi) is 3.94. The molecule has 0 saturated heterocycles. The fourth-order valence-corrected chi connectivity index (χ4v) is 7.45. The molecule has 0 aromatic carbocycles. The first kappa shape index (κ1) is 17.3. The van der Waals surface area contributed by atoms with Gasteiger partial charge in [0.2, 0.25) is 0 Å². The number of likely N-dealkylation sites (N-methyl/N-ethyl adjacent to an activating group) is 1. The van der Waals surface area contributed by atoms with Gasteiger partial charge < -0.3 is 5.32 Å². The van der Waals surface area contributed by atoms with E-state index in [9.17, 15) is 9.59 Å². The average molecular weight is 344 g/mol. The number of hydrogen-bond donors (Lipinski definition) is 1. The lowest BCUT2D eigenvalue weighted by Crippen LogP contribution is -2.52. The number of rotatable bonds is 2. The molecule has 1 N–H and O–H groups in total. The number of Topliss-reactive ketones (excluding diaryl/α,β-unsaturated/α-hetero) is 2. The molecule has 0 spiro atoms. The molecule has 0 unspecified atom stereocenters. The third kappa shape index (κ3) is 2.16. The van der Waals surface area contributed by atoms with Gasteiger partial charge in [-0.25, -0.2) is 0 Å². The van der Waals surface area contributed by atoms with Crippen molar-refractivity contribution in [1.29, 1.82) is 0 Å². The Labute approximate surface area is 152 Å². The van der Waals surface area contributed by atoms with Crippen molar-refractivity contribution in [3.63, 3.8) is 0 Å². The molecule has 0 bridgehead atoms. The van der Waals surface area contributed by atoms with Crippen LogP contribution in [-0.2, 0) is 9.59 Å². The van der Waals surface area contributed by atoms with Gasteiger partial charge in [0.15, 0.2) is 5.78 Å². The van der Waals surface area contributed by atoms with E-state index >= 15 is 0 Å². The lowest BCUT2D eigenvalue weighted by atomic mass is 9.46. The van der Waals surface area contributed by atoms with Crippen molar-refractivity contribution in [3.05, 3.63) is 11.3 Å². The van der Waals surface area contributed by atoms with E-state index in [4.69, 9.17) is 0 Å². The second kappa shape index (κ2) is 5.69. The molecule has 0 heterocycles. The first-order valence-electron chi connectivity index (χ1n) is 10.3. The summed E-state index contributed by atoms with van der Waals surface area (Å²) in [6.45, 7) is 6.95. The molecule has 0 aliphatic heterocycles. The number of carbonyl (C=O) groups excluding carboxylic acids is 2. The largest absolute Gasteiger partial charge is 0.385 e. The van der Waals surface area contributed by atoms with Gasteiger partial charge in [-0.2, -0.15) is 0 Å². The lowest BCUT2D eigenvalue weighted by Gasteiger charge is -2.58. The number of fused-ring (bicyclic) bond motifs is 5. The van der Waals surface area contributed by atoms with Crippen molar-refractivity contribution in [1.82, 2.24) is 5.32 Å². The summed E-state index contributed by atoms with van der Waals surface area (Å²) in [4.78, 5) is 25.2. The topological polar surface area (TPSA) is 46.2 Å². The Morgan fingerprint density at radius 2 is 1.84 bits per heavy atom. The molecule has 3 nitrogen and oxygen atoms in total. The number of ketones is 2. The standard InChI is InChI=1S/C22H33NO2/c1-5-13-12-18(25)22(3)10-8-15-14(19(13)22)6-7-16-20(23-4)17(24)9-11-21(15,16)2/h13-15,19,23H,5-12H2,1-4H3/t13-,14+,15-,19-,21+,22+/m0/s1. The molecule has 0 amide bonds. The van der Waals surface area contributed by atoms with Crippen LogP contribution < -0.4 is 5.32 Å². The normalized spacial score (nSPS) is 46.6. The molecule has 0 aromatic heterocycles. The van der Waals surface area contributed by atoms with Gasteiger partial charge in [0.05, 0.1) is 5.70 Å². The lowest BCUT2D eigenvalue weighted by molar-refractivity contribution is -0.133. The minimum atomic E-state index is -0.0737. The number of nitrogens with one attached hydrogen (secondary N) is 1. The predicted octanol–water partition coefficient (Wildman–Crippen LogP) is 4.27. The van der Waals surface area contributed by atoms with Crippen molar-refractivity contribution in [2.24, 2.45) is 34.5 Å². The summed E-state index contributed by atoms with van der Waals surface area (Å²) in [5.74, 6) is 3.28. The monoisotopic (exact) mass is 343 g/mol. The third-order valence-electron chi connectivity index (χ3n) is 8.74. The van der Waals surface area contributed by atoms with Crippen molar-refractivity contribution >= 4 is 11.6 Å². The smallest absolute Gasteiger partial charge is 0.178 e. The van der Waals surface area contributed by atoms with Gasteiger partial charge in [-0.3, -0.25) is 9.59 Å². The molecule has 4 aliphatic rings. The van der Waals surface area contributed by atoms with E-state index < -0.39 is 0 Å². The Hall–Kier alpha value is -1.12. The minimum Gasteiger partial charge on any atom is -0.385 e. The Morgan fingerprint density at radius 3 is 2.52 bits per heavy atom. The molecular weight excluding hydrogens is 310 g/mol. The highest BCUT2D eigenvalue weighted by atomic mass is 16.1. The Bertz CT molecular complexity index is 650. The minimum absolute atomic E-state index is 0.0737. The molecule has 0 aromatic rings. The molecular formula is C22H33NO2. The molecule has 4 aliphatic carbocycles. The van der Waals surface area contributed by atoms with Crippen LogP contribution in [0.1, 0.15) is 72.1 Å². The number of allylic oxidation sites excluding steroid dienone is 1. The van der Waals surface area contributed by atoms with Crippen molar-refractivity contribution in [3.8, 4) is 0 Å². The summed E-state index contributed by atoms with van der Waals surface area (Å²) in [7, 11) is 1.90. The van der Waals surface area contributed by atoms with E-state index in [-0.39, 0.29) is 10.8 Å². The molecule has 0 radical (unpaired) electrons. The summed E-state index contributed by atoms with van der Waals surface area (Å²) in [6.07, 6.45) is 8.04. The average Bonchev–Trinajstić information content (AvgIpc) is 2.86. The number of hydrogen-bond acceptors (Lipinski definition) is 3. The second-order valence-corrected chi connectivity index (χ2v) is 9.53. The van der Waals surface area contributed by atoms with Crippen LogP contribution in [0, 0.1) is 34.5 Å². The van der Waals surface area contributed by atoms with E-state index in [1.54, 1.807) is 0 Å². The van der Waals surface area contributed by atoms with Gasteiger partial charge in [-0.15, -0.1) is 0 Å². The summed E-state index contributed by atoms with van der Waals surface area (Å²) >= 11 is 0. The van der Waals surface area contributed by atoms with E-state index in [2.05, 4.69) is 26.1 Å². The molecule has 3 heteroatoms. The highest BCUT2D eigenvalue weighted by Gasteiger charge is 2.61. The van der Waals surface area contributed by atoms with E-state index in [0.717, 1.165) is 50.6 Å². The zero-order valence-corrected chi connectivity index (χ0v) is 16.3. The maximum Gasteiger partial charge on any atom is 0.178 e. The highest BCUT2D eigenvalue weighted by Crippen LogP contribution is 2.66. The molecule has 138 valence electrons. The highest BCUT2D eigenvalue weighted by molar-refractivity contribution is 5.96. The van der Waals surface area contributed by atoms with Gasteiger partial charge in [0.1, 0.15) is 5.78 Å². The van der Waals surface area contributed by atoms with Gasteiger partial charge in [0.25, 0.3) is 0 Å². The quantitative estimate of drug-likeness (QED) is 0.814. The van der Waals surface area contributed by atoms with Crippen LogP contribution >= 0.6 is 0 Å². The van der Waals surface area contributed by atoms with Gasteiger partial charge in [0, 0.05) is 25.3 Å². The summed E-state index contributed by atoms with van der Waals surface area (Å²) < 4.78 is 0. The van der Waals surface area contributed by atoms with Gasteiger partial charge in [-0.05, 0) is 66.8 Å². The van der Waals surface area contributed by atoms with Crippen molar-refractivity contribution in [2.75, 3.05) is 7.05 Å². The van der Waals surface area contributed by atoms with Crippen molar-refractivity contribution in [2.45, 2.75) is 72.1 Å². The van der Waals surface area contributed by atoms with Gasteiger partial charge >= 0.3 is 0 Å². The van der Waals surface area contributed by atoms with Crippen LogP contribution in [0.2, 0.25) is 0 Å². The zero-order chi connectivity index (χ0) is 18.0. The first-order valence-corrected chi connectivity index (χ1v) is 10.3. The van der Waals surface area contributed by atoms with Crippen LogP contribution in [0.5, 0.6) is 0 Å². The molecule has 3 saturated carbocycles. The molecule has 4 rings (SSSR count). The first-order chi connectivity index (χ1) is 11.9. The summed E-state index contributed by atoms with van der Waals surface area (Å²) in [5, 5.41) is 3.23. The third-order valence-corrected chi connectivity index (χ3v) is 8.74. The summed E-state index contributed by atoms with van der Waals surface area (Å²) in [5.41, 5.74) is 2.39. The second-order valence-electron chi connectivity index (χ2n) is 9.53. The van der Waals surface area contributed by atoms with Gasteiger partial charge in [-0.1, -0.05) is 27.2 Å². The SMILES string of the molecule is CC[C@H]1CC(=O)[C@@]2(C)CC[C@H]3[C@@H](CCC4=C(NC)C(=O)CC[C@@]43C)[C@H]12. The summed E-state index contributed by atoms with van der Waals surface area (Å²) in [6, 6.07) is 0. The predicted molar refractivity (Wildman–Crippen MR) is 98.9 cm³/mol. The van der Waals surface area contributed by atoms with E-state index in [1.807, 2.05) is 7.05 Å². The van der Waals surface area contributed by atoms with Crippen LogP contribution in [-0.4, -0.2) is 18.6 Å². The molecule has 25 heavy (non-hydrogen) atoms. The fraction of sp³-hybridized carbons (Fsp3) is 0.818. The van der Waals surface area contributed by atoms with Crippen LogP contribution in [0.3, 0.4) is 0 Å². The Morgan fingerprint density at radius 1 is 1.08 bits per heavy atom. The maximum absolute atomic E-state index is 12.8. The zero-order valence-electron chi connectivity index (χ0n) is 16.3. The van der Waals surface area contributed by atoms with E-state index in [0.29, 0.717) is 41.7 Å². The van der Waals surface area contributed by atoms with E-state index in [1.165, 1.54) is 5.57 Å². The number of carbonyl (C=O) groups is 2. The van der Waals surface area contributed by atoms with Crippen LogP contribution in [0.25, 0.3) is 0 Å². The Balaban J connectivity index is 1.75. The maximum atomic E-state index is 12.8. The molecule has 6 atom stereocenters. The van der Waals surface area contributed by atoms with Crippen LogP contribution in [0.15, 0.2) is 11.3 Å². The van der Waals surface area contributed by atoms with Crippen LogP contribution in [0.4, 0.5) is 0 Å².